The van der Waals surface area contributed by atoms with Gasteiger partial charge in [-0.15, -0.1) is 21.5 Å². The summed E-state index contributed by atoms with van der Waals surface area (Å²) in [5.74, 6) is 6.80. The van der Waals surface area contributed by atoms with Crippen molar-refractivity contribution in [3.8, 4) is 0 Å². The van der Waals surface area contributed by atoms with Gasteiger partial charge in [-0.2, -0.15) is 0 Å². The Morgan fingerprint density at radius 1 is 1.27 bits per heavy atom. The Hall–Kier alpha value is -1.78. The molecule has 3 rings (SSSR count). The predicted octanol–water partition coefficient (Wildman–Crippen LogP) is 1.47. The van der Waals surface area contributed by atoms with Crippen LogP contribution in [0, 0.1) is 0 Å². The van der Waals surface area contributed by atoms with Gasteiger partial charge in [0.25, 0.3) is 0 Å². The fourth-order valence-corrected chi connectivity index (χ4v) is 4.28. The number of amides is 1. The Balaban J connectivity index is 1.67. The highest BCUT2D eigenvalue weighted by atomic mass is 32.2. The van der Waals surface area contributed by atoms with Crippen molar-refractivity contribution in [3.63, 3.8) is 0 Å². The molecule has 0 aliphatic heterocycles. The third kappa shape index (κ3) is 3.34. The molecule has 3 aromatic rings. The molecule has 0 atom stereocenters. The minimum Gasteiger partial charge on any atom is -0.369 e. The van der Waals surface area contributed by atoms with E-state index >= 15 is 0 Å². The van der Waals surface area contributed by atoms with Gasteiger partial charge in [0.05, 0.1) is 21.7 Å². The highest BCUT2D eigenvalue weighted by molar-refractivity contribution is 8.00. The number of nitrogens with zero attached hydrogens (tertiary/aromatic N) is 4. The molecule has 0 bridgehead atoms. The van der Waals surface area contributed by atoms with Gasteiger partial charge in [-0.05, 0) is 12.1 Å². The molecule has 0 spiro atoms. The van der Waals surface area contributed by atoms with E-state index in [9.17, 15) is 4.79 Å². The van der Waals surface area contributed by atoms with E-state index in [-0.39, 0.29) is 5.75 Å². The molecule has 0 saturated carbocycles. The van der Waals surface area contributed by atoms with Gasteiger partial charge in [0.1, 0.15) is 0 Å². The first-order chi connectivity index (χ1) is 10.6. The Kier molecular flexibility index (Phi) is 4.50. The summed E-state index contributed by atoms with van der Waals surface area (Å²) >= 11 is 4.35. The van der Waals surface area contributed by atoms with Crippen LogP contribution in [0.15, 0.2) is 33.8 Å². The number of hydrogen-bond acceptors (Lipinski definition) is 8. The van der Waals surface area contributed by atoms with Crippen LogP contribution in [0.2, 0.25) is 0 Å². The summed E-state index contributed by atoms with van der Waals surface area (Å²) in [4.78, 5) is 15.3. The maximum atomic E-state index is 10.8. The van der Waals surface area contributed by atoms with Crippen LogP contribution in [0.25, 0.3) is 10.2 Å². The van der Waals surface area contributed by atoms with E-state index in [4.69, 9.17) is 11.6 Å². The van der Waals surface area contributed by atoms with E-state index < -0.39 is 5.91 Å². The Bertz CT molecular complexity index is 781. The molecule has 4 N–H and O–H groups in total. The zero-order valence-electron chi connectivity index (χ0n) is 11.3. The molecular formula is C12H12N6OS3. The van der Waals surface area contributed by atoms with Crippen LogP contribution in [-0.4, -0.2) is 31.5 Å². The van der Waals surface area contributed by atoms with Crippen molar-refractivity contribution in [2.45, 2.75) is 15.2 Å². The predicted molar refractivity (Wildman–Crippen MR) is 89.3 cm³/mol. The first-order valence-corrected chi connectivity index (χ1v) is 9.01. The van der Waals surface area contributed by atoms with E-state index in [1.807, 2.05) is 24.3 Å². The lowest BCUT2D eigenvalue weighted by Crippen LogP contribution is -2.16. The molecule has 0 fully saturated rings. The standard InChI is InChI=1S/C12H12N6OS3/c13-9(19)5-20-11-17-16-10(18(11)14)6-21-12-15-7-3-1-2-4-8(7)22-12/h1-4H,5-6,14H2,(H2,13,19). The monoisotopic (exact) mass is 352 g/mol. The number of benzene rings is 1. The van der Waals surface area contributed by atoms with Crippen molar-refractivity contribution in [2.75, 3.05) is 11.6 Å². The number of carbonyl (C=O) groups excluding carboxylic acids is 1. The summed E-state index contributed by atoms with van der Waals surface area (Å²) in [5, 5.41) is 8.46. The molecule has 0 radical (unpaired) electrons. The molecule has 2 aromatic heterocycles. The molecule has 10 heteroatoms. The molecule has 1 amide bonds. The van der Waals surface area contributed by atoms with Crippen molar-refractivity contribution in [1.82, 2.24) is 19.9 Å². The van der Waals surface area contributed by atoms with E-state index in [0.29, 0.717) is 16.7 Å². The summed E-state index contributed by atoms with van der Waals surface area (Å²) < 4.78 is 3.49. The Labute approximate surface area is 138 Å². The minimum atomic E-state index is -0.418. The number of thiazole rings is 1. The normalized spacial score (nSPS) is 11.1. The van der Waals surface area contributed by atoms with Gasteiger partial charge in [-0.3, -0.25) is 4.79 Å². The van der Waals surface area contributed by atoms with Crippen LogP contribution in [-0.2, 0) is 10.5 Å². The maximum Gasteiger partial charge on any atom is 0.227 e. The Morgan fingerprint density at radius 2 is 2.09 bits per heavy atom. The number of rotatable bonds is 6. The van der Waals surface area contributed by atoms with Gasteiger partial charge in [0.2, 0.25) is 11.1 Å². The summed E-state index contributed by atoms with van der Waals surface area (Å²) in [6.07, 6.45) is 0. The zero-order chi connectivity index (χ0) is 15.5. The van der Waals surface area contributed by atoms with Crippen LogP contribution in [0.1, 0.15) is 5.82 Å². The molecule has 0 unspecified atom stereocenters. The quantitative estimate of drug-likeness (QED) is 0.510. The molecule has 0 aliphatic rings. The van der Waals surface area contributed by atoms with Gasteiger partial charge in [-0.25, -0.2) is 9.66 Å². The van der Waals surface area contributed by atoms with E-state index in [1.54, 1.807) is 23.1 Å². The Morgan fingerprint density at radius 3 is 2.86 bits per heavy atom. The minimum absolute atomic E-state index is 0.125. The largest absolute Gasteiger partial charge is 0.369 e. The van der Waals surface area contributed by atoms with Crippen LogP contribution in [0.3, 0.4) is 0 Å². The molecule has 2 heterocycles. The van der Waals surface area contributed by atoms with Gasteiger partial charge in [0, 0.05) is 0 Å². The molecule has 22 heavy (non-hydrogen) atoms. The molecule has 7 nitrogen and oxygen atoms in total. The third-order valence-corrected chi connectivity index (χ3v) is 5.82. The summed E-state index contributed by atoms with van der Waals surface area (Å²) in [6, 6.07) is 7.99. The maximum absolute atomic E-state index is 10.8. The number of nitrogens with two attached hydrogens (primary N) is 2. The zero-order valence-corrected chi connectivity index (χ0v) is 13.7. The summed E-state index contributed by atoms with van der Waals surface area (Å²) in [6.45, 7) is 0. The number of nitrogen functional groups attached to an aromatic ring is 1. The van der Waals surface area contributed by atoms with Gasteiger partial charge < -0.3 is 11.6 Å². The van der Waals surface area contributed by atoms with Crippen molar-refractivity contribution >= 4 is 51.0 Å². The van der Waals surface area contributed by atoms with E-state index in [1.165, 1.54) is 16.4 Å². The SMILES string of the molecule is NC(=O)CSc1nnc(CSc2nc3ccccc3s2)n1N. The molecular weight excluding hydrogens is 340 g/mol. The molecule has 114 valence electrons. The number of hydrogen-bond donors (Lipinski definition) is 2. The second-order valence-corrected chi connectivity index (χ2v) is 7.46. The van der Waals surface area contributed by atoms with Gasteiger partial charge in [-0.1, -0.05) is 35.7 Å². The third-order valence-electron chi connectivity index (χ3n) is 2.68. The number of primary amides is 1. The van der Waals surface area contributed by atoms with Crippen LogP contribution in [0.5, 0.6) is 0 Å². The summed E-state index contributed by atoms with van der Waals surface area (Å²) in [5.41, 5.74) is 6.09. The van der Waals surface area contributed by atoms with Crippen molar-refractivity contribution in [3.05, 3.63) is 30.1 Å². The lowest BCUT2D eigenvalue weighted by atomic mass is 10.3. The number of fused-ring (bicyclic) bond motifs is 1. The second kappa shape index (κ2) is 6.55. The van der Waals surface area contributed by atoms with Gasteiger partial charge in [0.15, 0.2) is 10.2 Å². The van der Waals surface area contributed by atoms with Crippen molar-refractivity contribution in [1.29, 1.82) is 0 Å². The number of aromatic nitrogens is 4. The first-order valence-electron chi connectivity index (χ1n) is 6.22. The van der Waals surface area contributed by atoms with Gasteiger partial charge >= 0.3 is 0 Å². The van der Waals surface area contributed by atoms with Crippen molar-refractivity contribution in [2.24, 2.45) is 5.73 Å². The number of thioether (sulfide) groups is 2. The van der Waals surface area contributed by atoms with E-state index in [0.717, 1.165) is 14.6 Å². The lowest BCUT2D eigenvalue weighted by molar-refractivity contribution is -0.115. The van der Waals surface area contributed by atoms with Crippen LogP contribution < -0.4 is 11.6 Å². The van der Waals surface area contributed by atoms with Crippen molar-refractivity contribution < 1.29 is 4.79 Å². The molecule has 0 aliphatic carbocycles. The van der Waals surface area contributed by atoms with Crippen LogP contribution >= 0.6 is 34.9 Å². The fourth-order valence-electron chi connectivity index (χ4n) is 1.68. The lowest BCUT2D eigenvalue weighted by Gasteiger charge is -2.01. The smallest absolute Gasteiger partial charge is 0.227 e. The summed E-state index contributed by atoms with van der Waals surface area (Å²) in [7, 11) is 0. The average molecular weight is 352 g/mol. The topological polar surface area (TPSA) is 113 Å². The number of para-hydroxylation sites is 1. The fraction of sp³-hybridized carbons (Fsp3) is 0.167. The second-order valence-electron chi connectivity index (χ2n) is 4.26. The highest BCUT2D eigenvalue weighted by Gasteiger charge is 2.12. The van der Waals surface area contributed by atoms with Crippen LogP contribution in [0.4, 0.5) is 0 Å². The van der Waals surface area contributed by atoms with E-state index in [2.05, 4.69) is 15.2 Å². The average Bonchev–Trinajstić information content (AvgIpc) is 3.06. The number of carbonyl (C=O) groups is 1. The molecule has 0 saturated heterocycles. The highest BCUT2D eigenvalue weighted by Crippen LogP contribution is 2.31. The first kappa shape index (κ1) is 15.1. The molecule has 1 aromatic carbocycles.